The van der Waals surface area contributed by atoms with Gasteiger partial charge in [0.1, 0.15) is 0 Å². The number of aliphatic imine (C=N–C) groups is 1. The van der Waals surface area contributed by atoms with Crippen molar-refractivity contribution in [3.63, 3.8) is 0 Å². The maximum absolute atomic E-state index is 12.6. The first kappa shape index (κ1) is 28.2. The standard InChI is InChI=1S/C24H39N5O2.HI/c1-5-7-8-13-24(3,4)18-28-23(25-6-2)27-16-19-9-11-20(12-10-19)22(31)29-15-14-26-21(30)17-29;/h9-12H,5-8,13-18H2,1-4H3,(H,26,30)(H2,25,27,28);1H. The molecular weight excluding hydrogens is 517 g/mol. The number of hydrogen-bond donors (Lipinski definition) is 3. The molecule has 1 aromatic rings. The van der Waals surface area contributed by atoms with Crippen LogP contribution in [0.25, 0.3) is 0 Å². The summed E-state index contributed by atoms with van der Waals surface area (Å²) in [6.45, 7) is 12.3. The van der Waals surface area contributed by atoms with E-state index in [2.05, 4.69) is 43.6 Å². The summed E-state index contributed by atoms with van der Waals surface area (Å²) in [6, 6.07) is 7.49. The van der Waals surface area contributed by atoms with E-state index in [1.807, 2.05) is 24.3 Å². The highest BCUT2D eigenvalue weighted by atomic mass is 127. The third-order valence-corrected chi connectivity index (χ3v) is 5.48. The van der Waals surface area contributed by atoms with Crippen molar-refractivity contribution in [1.82, 2.24) is 20.9 Å². The molecule has 0 aromatic heterocycles. The van der Waals surface area contributed by atoms with Crippen molar-refractivity contribution in [3.8, 4) is 0 Å². The van der Waals surface area contributed by atoms with Crippen molar-refractivity contribution >= 4 is 41.8 Å². The van der Waals surface area contributed by atoms with Crippen LogP contribution in [0.15, 0.2) is 29.3 Å². The molecule has 2 amide bonds. The van der Waals surface area contributed by atoms with Gasteiger partial charge in [-0.05, 0) is 36.5 Å². The molecular formula is C24H40IN5O2. The van der Waals surface area contributed by atoms with Crippen LogP contribution in [0.1, 0.15) is 69.3 Å². The smallest absolute Gasteiger partial charge is 0.254 e. The summed E-state index contributed by atoms with van der Waals surface area (Å²) in [6.07, 6.45) is 4.97. The molecule has 7 nitrogen and oxygen atoms in total. The highest BCUT2D eigenvalue weighted by Crippen LogP contribution is 2.22. The minimum absolute atomic E-state index is 0. The first-order chi connectivity index (χ1) is 14.8. The van der Waals surface area contributed by atoms with Crippen molar-refractivity contribution in [3.05, 3.63) is 35.4 Å². The number of nitrogens with one attached hydrogen (secondary N) is 3. The summed E-state index contributed by atoms with van der Waals surface area (Å²) in [5.74, 6) is 0.596. The van der Waals surface area contributed by atoms with Crippen LogP contribution in [-0.2, 0) is 11.3 Å². The van der Waals surface area contributed by atoms with Gasteiger partial charge in [-0.25, -0.2) is 4.99 Å². The minimum Gasteiger partial charge on any atom is -0.357 e. The molecule has 1 heterocycles. The first-order valence-corrected chi connectivity index (χ1v) is 11.5. The Kier molecular flexibility index (Phi) is 12.6. The summed E-state index contributed by atoms with van der Waals surface area (Å²) in [5, 5.41) is 9.52. The number of carbonyl (C=O) groups is 2. The van der Waals surface area contributed by atoms with Gasteiger partial charge in [0.15, 0.2) is 5.96 Å². The molecule has 0 unspecified atom stereocenters. The zero-order chi connectivity index (χ0) is 22.7. The summed E-state index contributed by atoms with van der Waals surface area (Å²) in [4.78, 5) is 30.4. The van der Waals surface area contributed by atoms with Gasteiger partial charge in [-0.1, -0.05) is 52.2 Å². The predicted molar refractivity (Wildman–Crippen MR) is 142 cm³/mol. The Balaban J connectivity index is 0.00000512. The van der Waals surface area contributed by atoms with Gasteiger partial charge >= 0.3 is 0 Å². The zero-order valence-electron chi connectivity index (χ0n) is 20.0. The van der Waals surface area contributed by atoms with E-state index in [0.29, 0.717) is 25.2 Å². The monoisotopic (exact) mass is 557 g/mol. The number of unbranched alkanes of at least 4 members (excludes halogenated alkanes) is 2. The molecule has 32 heavy (non-hydrogen) atoms. The molecule has 1 aliphatic heterocycles. The molecule has 0 radical (unpaired) electrons. The molecule has 1 aliphatic rings. The summed E-state index contributed by atoms with van der Waals surface area (Å²) >= 11 is 0. The maximum atomic E-state index is 12.6. The highest BCUT2D eigenvalue weighted by molar-refractivity contribution is 14.0. The Labute approximate surface area is 210 Å². The van der Waals surface area contributed by atoms with Gasteiger partial charge < -0.3 is 20.9 Å². The van der Waals surface area contributed by atoms with Gasteiger partial charge in [-0.15, -0.1) is 24.0 Å². The summed E-state index contributed by atoms with van der Waals surface area (Å²) in [7, 11) is 0. The van der Waals surface area contributed by atoms with Crippen LogP contribution in [0.5, 0.6) is 0 Å². The second-order valence-corrected chi connectivity index (χ2v) is 8.94. The molecule has 0 bridgehead atoms. The number of rotatable bonds is 10. The summed E-state index contributed by atoms with van der Waals surface area (Å²) < 4.78 is 0. The Morgan fingerprint density at radius 3 is 2.50 bits per heavy atom. The van der Waals surface area contributed by atoms with Crippen LogP contribution >= 0.6 is 24.0 Å². The van der Waals surface area contributed by atoms with Gasteiger partial charge in [0, 0.05) is 31.7 Å². The van der Waals surface area contributed by atoms with E-state index in [0.717, 1.165) is 24.6 Å². The number of carbonyl (C=O) groups excluding carboxylic acids is 2. The Morgan fingerprint density at radius 2 is 1.88 bits per heavy atom. The fourth-order valence-corrected chi connectivity index (χ4v) is 3.52. The van der Waals surface area contributed by atoms with Crippen molar-refractivity contribution in [2.24, 2.45) is 10.4 Å². The topological polar surface area (TPSA) is 85.8 Å². The largest absolute Gasteiger partial charge is 0.357 e. The molecule has 0 atom stereocenters. The molecule has 8 heteroatoms. The van der Waals surface area contributed by atoms with Crippen LogP contribution in [0, 0.1) is 5.41 Å². The normalized spacial score (nSPS) is 14.4. The molecule has 3 N–H and O–H groups in total. The van der Waals surface area contributed by atoms with E-state index in [1.54, 1.807) is 4.90 Å². The SMILES string of the molecule is CCCCCC(C)(C)CNC(=NCc1ccc(C(=O)N2CCNC(=O)C2)cc1)NCC.I. The van der Waals surface area contributed by atoms with Gasteiger partial charge in [0.25, 0.3) is 5.91 Å². The number of hydrogen-bond acceptors (Lipinski definition) is 3. The average molecular weight is 558 g/mol. The third-order valence-electron chi connectivity index (χ3n) is 5.48. The minimum atomic E-state index is -0.109. The first-order valence-electron chi connectivity index (χ1n) is 11.5. The van der Waals surface area contributed by atoms with Gasteiger partial charge in [-0.3, -0.25) is 9.59 Å². The number of nitrogens with zero attached hydrogens (tertiary/aromatic N) is 2. The molecule has 180 valence electrons. The molecule has 1 saturated heterocycles. The quantitative estimate of drug-likeness (QED) is 0.178. The van der Waals surface area contributed by atoms with Crippen molar-refractivity contribution in [1.29, 1.82) is 0 Å². The third kappa shape index (κ3) is 9.75. The second-order valence-electron chi connectivity index (χ2n) is 8.94. The van der Waals surface area contributed by atoms with Crippen molar-refractivity contribution < 1.29 is 9.59 Å². The van der Waals surface area contributed by atoms with Crippen molar-refractivity contribution in [2.45, 2.75) is 59.9 Å². The number of halogens is 1. The van der Waals surface area contributed by atoms with Crippen LogP contribution in [0.3, 0.4) is 0 Å². The van der Waals surface area contributed by atoms with E-state index in [4.69, 9.17) is 4.99 Å². The molecule has 2 rings (SSSR count). The molecule has 0 aliphatic carbocycles. The van der Waals surface area contributed by atoms with Crippen molar-refractivity contribution in [2.75, 3.05) is 32.7 Å². The second kappa shape index (κ2) is 14.3. The lowest BCUT2D eigenvalue weighted by molar-refractivity contribution is -0.123. The lowest BCUT2D eigenvalue weighted by Gasteiger charge is -2.26. The number of benzene rings is 1. The van der Waals surface area contributed by atoms with Crippen LogP contribution in [0.4, 0.5) is 0 Å². The number of guanidine groups is 1. The zero-order valence-corrected chi connectivity index (χ0v) is 22.3. The average Bonchev–Trinajstić information content (AvgIpc) is 2.75. The molecule has 0 spiro atoms. The van der Waals surface area contributed by atoms with Crippen LogP contribution < -0.4 is 16.0 Å². The van der Waals surface area contributed by atoms with E-state index < -0.39 is 0 Å². The van der Waals surface area contributed by atoms with Gasteiger partial charge in [-0.2, -0.15) is 0 Å². The highest BCUT2D eigenvalue weighted by Gasteiger charge is 2.22. The lowest BCUT2D eigenvalue weighted by Crippen LogP contribution is -2.49. The predicted octanol–water partition coefficient (Wildman–Crippen LogP) is 3.54. The molecule has 0 saturated carbocycles. The maximum Gasteiger partial charge on any atom is 0.254 e. The van der Waals surface area contributed by atoms with Gasteiger partial charge in [0.2, 0.25) is 5.91 Å². The number of piperazine rings is 1. The Hall–Kier alpha value is -1.84. The Morgan fingerprint density at radius 1 is 1.16 bits per heavy atom. The fraction of sp³-hybridized carbons (Fsp3) is 0.625. The Bertz CT molecular complexity index is 749. The van der Waals surface area contributed by atoms with Gasteiger partial charge in [0.05, 0.1) is 13.1 Å². The molecule has 1 fully saturated rings. The van der Waals surface area contributed by atoms with Crippen LogP contribution in [-0.4, -0.2) is 55.4 Å². The van der Waals surface area contributed by atoms with E-state index in [9.17, 15) is 9.59 Å². The fourth-order valence-electron chi connectivity index (χ4n) is 3.52. The lowest BCUT2D eigenvalue weighted by atomic mass is 9.87. The van der Waals surface area contributed by atoms with E-state index in [1.165, 1.54) is 25.7 Å². The molecule has 1 aromatic carbocycles. The van der Waals surface area contributed by atoms with E-state index in [-0.39, 0.29) is 47.8 Å². The van der Waals surface area contributed by atoms with Crippen LogP contribution in [0.2, 0.25) is 0 Å². The summed E-state index contributed by atoms with van der Waals surface area (Å²) in [5.41, 5.74) is 1.85. The number of amides is 2. The van der Waals surface area contributed by atoms with E-state index >= 15 is 0 Å².